The van der Waals surface area contributed by atoms with E-state index in [-0.39, 0.29) is 64.8 Å². The normalized spacial score (nSPS) is 17.5. The molecule has 0 radical (unpaired) electrons. The number of methoxy groups -OCH3 is 2. The molecular weight excluding hydrogens is 928 g/mol. The van der Waals surface area contributed by atoms with Crippen LogP contribution in [0.5, 0.6) is 11.5 Å². The summed E-state index contributed by atoms with van der Waals surface area (Å²) < 4.78 is 151. The summed E-state index contributed by atoms with van der Waals surface area (Å²) in [6.07, 6.45) is 13.1. The first-order valence-electron chi connectivity index (χ1n) is 18.3. The Morgan fingerprint density at radius 2 is 0.723 bits per heavy atom. The maximum Gasteiger partial charge on any atom is 2.00 e. The predicted molar refractivity (Wildman–Crippen MR) is 215 cm³/mol. The van der Waals surface area contributed by atoms with Crippen LogP contribution in [0.15, 0.2) is 140 Å². The average molecular weight is 952 g/mol. The van der Waals surface area contributed by atoms with Crippen molar-refractivity contribution in [3.8, 4) is 11.5 Å². The number of nitrogens with zero attached hydrogens (tertiary/aromatic N) is 4. The van der Waals surface area contributed by atoms with Crippen molar-refractivity contribution in [3.63, 3.8) is 0 Å². The third-order valence-electron chi connectivity index (χ3n) is 9.50. The molecule has 4 aromatic rings. The van der Waals surface area contributed by atoms with Gasteiger partial charge in [-0.25, -0.2) is 53.9 Å². The molecule has 0 amide bonds. The van der Waals surface area contributed by atoms with Gasteiger partial charge in [0, 0.05) is 23.6 Å². The summed E-state index contributed by atoms with van der Waals surface area (Å²) >= 11 is 0. The molecule has 0 fully saturated rings. The molecule has 0 aromatic heterocycles. The summed E-state index contributed by atoms with van der Waals surface area (Å²) in [5.41, 5.74) is -3.37. The smallest absolute Gasteiger partial charge is 0.871 e. The SMILES string of the molecule is COc1ccc(/C([O-])=C2\C=CC(C(=C3/C=CC=N3)/c3c(F)c(F)c(F)c(F)c3F)=N2)cc1.COc1ccc(/C([O-])=C2\C=CC(C(=C3/C=CC=N3)/c3c(F)c(F)c(F)c(F)c3F)=N2)cc1.[Zn+2]. The minimum atomic E-state index is -2.27. The molecular formula is C46H24F10N4O4Zn. The zero-order valence-corrected chi connectivity index (χ0v) is 36.3. The number of allylic oxidation sites excluding steroid dienone is 10. The van der Waals surface area contributed by atoms with Crippen molar-refractivity contribution in [3.05, 3.63) is 200 Å². The largest absolute Gasteiger partial charge is 2.00 e. The number of halogens is 10. The summed E-state index contributed by atoms with van der Waals surface area (Å²) in [6, 6.07) is 12.3. The molecule has 0 atom stereocenters. The molecule has 324 valence electrons. The zero-order valence-electron chi connectivity index (χ0n) is 33.3. The van der Waals surface area contributed by atoms with Crippen molar-refractivity contribution in [1.29, 1.82) is 0 Å². The van der Waals surface area contributed by atoms with E-state index in [0.717, 1.165) is 0 Å². The van der Waals surface area contributed by atoms with E-state index in [2.05, 4.69) is 20.0 Å². The number of aliphatic imine (C=N–C) groups is 4. The van der Waals surface area contributed by atoms with E-state index in [1.807, 2.05) is 0 Å². The Bertz CT molecular complexity index is 2730. The molecule has 8 nitrogen and oxygen atoms in total. The van der Waals surface area contributed by atoms with Gasteiger partial charge < -0.3 is 19.7 Å². The van der Waals surface area contributed by atoms with Gasteiger partial charge in [-0.05, 0) is 84.0 Å². The summed E-state index contributed by atoms with van der Waals surface area (Å²) in [6.45, 7) is 0. The number of benzene rings is 4. The maximum absolute atomic E-state index is 14.6. The van der Waals surface area contributed by atoms with Gasteiger partial charge in [0.05, 0.1) is 59.6 Å². The summed E-state index contributed by atoms with van der Waals surface area (Å²) in [4.78, 5) is 16.0. The molecule has 8 rings (SSSR count). The van der Waals surface area contributed by atoms with E-state index in [0.29, 0.717) is 11.5 Å². The first-order valence-corrected chi connectivity index (χ1v) is 18.3. The van der Waals surface area contributed by atoms with E-state index in [1.54, 1.807) is 24.3 Å². The van der Waals surface area contributed by atoms with Gasteiger partial charge in [-0.3, -0.25) is 9.98 Å². The van der Waals surface area contributed by atoms with Gasteiger partial charge in [0.1, 0.15) is 11.5 Å². The fourth-order valence-electron chi connectivity index (χ4n) is 6.36. The van der Waals surface area contributed by atoms with Crippen molar-refractivity contribution in [2.24, 2.45) is 20.0 Å². The van der Waals surface area contributed by atoms with Gasteiger partial charge in [0.25, 0.3) is 0 Å². The number of hydrogen-bond acceptors (Lipinski definition) is 8. The van der Waals surface area contributed by atoms with Crippen molar-refractivity contribution in [2.75, 3.05) is 14.2 Å². The fraction of sp³-hybridized carbons (Fsp3) is 0.0435. The molecule has 65 heavy (non-hydrogen) atoms. The van der Waals surface area contributed by atoms with Crippen LogP contribution in [0.2, 0.25) is 0 Å². The quantitative estimate of drug-likeness (QED) is 0.0577. The van der Waals surface area contributed by atoms with E-state index in [9.17, 15) is 54.1 Å². The number of rotatable bonds is 8. The van der Waals surface area contributed by atoms with E-state index >= 15 is 0 Å². The maximum atomic E-state index is 14.6. The molecule has 0 saturated heterocycles. The molecule has 4 aromatic carbocycles. The molecule has 4 aliphatic heterocycles. The molecule has 4 aliphatic rings. The zero-order chi connectivity index (χ0) is 46.0. The average Bonchev–Trinajstić information content (AvgIpc) is 4.19. The number of ether oxygens (including phenoxy) is 2. The minimum absolute atomic E-state index is 0. The van der Waals surface area contributed by atoms with Gasteiger partial charge in [-0.2, -0.15) is 0 Å². The van der Waals surface area contributed by atoms with Crippen LogP contribution in [0.4, 0.5) is 43.9 Å². The van der Waals surface area contributed by atoms with Gasteiger partial charge >= 0.3 is 19.5 Å². The molecule has 19 heteroatoms. The van der Waals surface area contributed by atoms with Crippen LogP contribution < -0.4 is 19.7 Å². The first kappa shape index (κ1) is 47.1. The minimum Gasteiger partial charge on any atom is -0.871 e. The Hall–Kier alpha value is -7.40. The van der Waals surface area contributed by atoms with Crippen molar-refractivity contribution < 1.29 is 83.1 Å². The molecule has 0 N–H and O–H groups in total. The molecule has 0 bridgehead atoms. The van der Waals surface area contributed by atoms with Crippen LogP contribution in [-0.4, -0.2) is 38.1 Å². The predicted octanol–water partition coefficient (Wildman–Crippen LogP) is 8.96. The van der Waals surface area contributed by atoms with E-state index in [1.165, 1.54) is 99.5 Å². The van der Waals surface area contributed by atoms with Crippen LogP contribution >= 0.6 is 0 Å². The Kier molecular flexibility index (Phi) is 14.2. The Balaban J connectivity index is 0.000000212. The molecule has 0 unspecified atom stereocenters. The van der Waals surface area contributed by atoms with Gasteiger partial charge in [-0.1, -0.05) is 35.8 Å². The standard InChI is InChI=1S/2C23H13F5N2O2.Zn/c2*1-32-12-6-4-11(5-7-12)23(31)15-9-8-14(30-15)16(13-3-2-10-29-13)17-18(24)20(26)22(28)21(27)19(17)25;/h2*2-10,31H,1H3;/q;;+2/p-2/b2*16-13+,23-15-;. The third kappa shape index (κ3) is 9.04. The van der Waals surface area contributed by atoms with Gasteiger partial charge in [0.15, 0.2) is 46.5 Å². The van der Waals surface area contributed by atoms with Crippen LogP contribution in [0.3, 0.4) is 0 Å². The Morgan fingerprint density at radius 3 is 1.00 bits per heavy atom. The van der Waals surface area contributed by atoms with E-state index in [4.69, 9.17) is 9.47 Å². The van der Waals surface area contributed by atoms with Crippen molar-refractivity contribution in [1.82, 2.24) is 0 Å². The Labute approximate surface area is 374 Å². The van der Waals surface area contributed by atoms with E-state index < -0.39 is 92.0 Å². The first-order chi connectivity index (χ1) is 30.7. The van der Waals surface area contributed by atoms with Gasteiger partial charge in [0.2, 0.25) is 11.6 Å². The van der Waals surface area contributed by atoms with Crippen LogP contribution in [0.25, 0.3) is 22.7 Å². The molecule has 4 heterocycles. The van der Waals surface area contributed by atoms with Crippen LogP contribution in [0, 0.1) is 58.2 Å². The Morgan fingerprint density at radius 1 is 0.415 bits per heavy atom. The van der Waals surface area contributed by atoms with Crippen molar-refractivity contribution in [2.45, 2.75) is 0 Å². The molecule has 0 spiro atoms. The summed E-state index contributed by atoms with van der Waals surface area (Å²) in [5, 5.41) is 25.5. The van der Waals surface area contributed by atoms with Crippen LogP contribution in [-0.2, 0) is 19.5 Å². The van der Waals surface area contributed by atoms with Crippen molar-refractivity contribution >= 4 is 46.5 Å². The van der Waals surface area contributed by atoms with Gasteiger partial charge in [-0.15, -0.1) is 0 Å². The third-order valence-corrected chi connectivity index (χ3v) is 9.50. The van der Waals surface area contributed by atoms with Crippen LogP contribution in [0.1, 0.15) is 22.3 Å². The number of hydrogen-bond donors (Lipinski definition) is 0. The fourth-order valence-corrected chi connectivity index (χ4v) is 6.36. The molecule has 0 saturated carbocycles. The second kappa shape index (κ2) is 19.6. The second-order valence-electron chi connectivity index (χ2n) is 13.2. The molecule has 0 aliphatic carbocycles. The monoisotopic (exact) mass is 950 g/mol. The summed E-state index contributed by atoms with van der Waals surface area (Å²) in [7, 11) is 2.94. The second-order valence-corrected chi connectivity index (χ2v) is 13.2. The topological polar surface area (TPSA) is 114 Å². The summed E-state index contributed by atoms with van der Waals surface area (Å²) in [5.74, 6) is -21.0.